The second-order valence-electron chi connectivity index (χ2n) is 4.61. The minimum atomic E-state index is -0.676. The average molecular weight is 290 g/mol. The molecule has 8 heteroatoms. The number of nitro benzene ring substituents is 2. The number of hydrogen-bond acceptors (Lipinski definition) is 6. The maximum Gasteiger partial charge on any atom is 0.301 e. The lowest BCUT2D eigenvalue weighted by molar-refractivity contribution is -0.393. The molecule has 0 heterocycles. The molecule has 0 aliphatic heterocycles. The van der Waals surface area contributed by atoms with Crippen molar-refractivity contribution in [3.05, 3.63) is 50.1 Å². The summed E-state index contributed by atoms with van der Waals surface area (Å²) in [5.74, 6) is 0. The fourth-order valence-corrected chi connectivity index (χ4v) is 2.04. The molecule has 110 valence electrons. The lowest BCUT2D eigenvalue weighted by atomic mass is 10.0. The van der Waals surface area contributed by atoms with Crippen LogP contribution in [0, 0.1) is 20.2 Å². The number of nitrogens with one attached hydrogen (secondary N) is 1. The Bertz CT molecular complexity index is 625. The Morgan fingerprint density at radius 2 is 2.00 bits per heavy atom. The SMILES string of the molecule is O=[N+]([O-])c1ccc(NN=CC2=CCCCC2)c([N+](=O)[O-])c1. The number of nitrogens with zero attached hydrogens (tertiary/aromatic N) is 3. The van der Waals surface area contributed by atoms with Gasteiger partial charge in [0.15, 0.2) is 0 Å². The number of hydrogen-bond donors (Lipinski definition) is 1. The van der Waals surface area contributed by atoms with Gasteiger partial charge in [-0.2, -0.15) is 5.10 Å². The molecule has 0 bridgehead atoms. The lowest BCUT2D eigenvalue weighted by Gasteiger charge is -2.07. The van der Waals surface area contributed by atoms with Crippen LogP contribution in [0.5, 0.6) is 0 Å². The maximum absolute atomic E-state index is 10.9. The van der Waals surface area contributed by atoms with E-state index in [1.807, 2.05) is 0 Å². The van der Waals surface area contributed by atoms with Crippen molar-refractivity contribution >= 4 is 23.3 Å². The summed E-state index contributed by atoms with van der Waals surface area (Å²) in [5.41, 5.74) is 3.07. The zero-order valence-electron chi connectivity index (χ0n) is 11.2. The molecule has 2 rings (SSSR count). The first-order chi connectivity index (χ1) is 10.1. The Kier molecular flexibility index (Phi) is 4.60. The van der Waals surface area contributed by atoms with Crippen LogP contribution in [0.4, 0.5) is 17.1 Å². The fourth-order valence-electron chi connectivity index (χ4n) is 2.04. The van der Waals surface area contributed by atoms with E-state index in [0.717, 1.165) is 30.9 Å². The molecule has 1 N–H and O–H groups in total. The van der Waals surface area contributed by atoms with Crippen LogP contribution in [-0.2, 0) is 0 Å². The number of allylic oxidation sites excluding steroid dienone is 2. The van der Waals surface area contributed by atoms with Gasteiger partial charge in [-0.15, -0.1) is 0 Å². The highest BCUT2D eigenvalue weighted by molar-refractivity contribution is 5.79. The monoisotopic (exact) mass is 290 g/mol. The van der Waals surface area contributed by atoms with Gasteiger partial charge in [-0.1, -0.05) is 6.08 Å². The van der Waals surface area contributed by atoms with Crippen LogP contribution in [0.25, 0.3) is 0 Å². The van der Waals surface area contributed by atoms with Gasteiger partial charge in [0, 0.05) is 6.07 Å². The van der Waals surface area contributed by atoms with E-state index in [0.29, 0.717) is 0 Å². The van der Waals surface area contributed by atoms with E-state index in [4.69, 9.17) is 0 Å². The second kappa shape index (κ2) is 6.60. The van der Waals surface area contributed by atoms with Crippen molar-refractivity contribution in [1.29, 1.82) is 0 Å². The molecule has 21 heavy (non-hydrogen) atoms. The van der Waals surface area contributed by atoms with E-state index in [9.17, 15) is 20.2 Å². The third-order valence-electron chi connectivity index (χ3n) is 3.13. The molecule has 0 saturated heterocycles. The van der Waals surface area contributed by atoms with Crippen molar-refractivity contribution < 1.29 is 9.85 Å². The Balaban J connectivity index is 2.15. The van der Waals surface area contributed by atoms with Crippen molar-refractivity contribution in [2.24, 2.45) is 5.10 Å². The number of benzene rings is 1. The van der Waals surface area contributed by atoms with Crippen molar-refractivity contribution in [3.8, 4) is 0 Å². The van der Waals surface area contributed by atoms with Gasteiger partial charge in [-0.05, 0) is 37.3 Å². The molecule has 1 aromatic rings. The summed E-state index contributed by atoms with van der Waals surface area (Å²) >= 11 is 0. The number of hydrazone groups is 1. The van der Waals surface area contributed by atoms with Gasteiger partial charge in [-0.25, -0.2) is 0 Å². The zero-order valence-corrected chi connectivity index (χ0v) is 11.2. The average Bonchev–Trinajstić information content (AvgIpc) is 2.48. The van der Waals surface area contributed by atoms with Crippen molar-refractivity contribution in [2.75, 3.05) is 5.43 Å². The van der Waals surface area contributed by atoms with E-state index in [1.54, 1.807) is 6.21 Å². The topological polar surface area (TPSA) is 111 Å². The van der Waals surface area contributed by atoms with E-state index < -0.39 is 9.85 Å². The largest absolute Gasteiger partial charge is 0.301 e. The first-order valence-electron chi connectivity index (χ1n) is 6.49. The second-order valence-corrected chi connectivity index (χ2v) is 4.61. The number of anilines is 1. The molecule has 0 aromatic heterocycles. The molecule has 0 fully saturated rings. The molecular weight excluding hydrogens is 276 g/mol. The number of nitro groups is 2. The number of rotatable bonds is 5. The zero-order chi connectivity index (χ0) is 15.2. The van der Waals surface area contributed by atoms with Crippen LogP contribution < -0.4 is 5.43 Å². The molecule has 1 aliphatic rings. The summed E-state index contributed by atoms with van der Waals surface area (Å²) < 4.78 is 0. The third-order valence-corrected chi connectivity index (χ3v) is 3.13. The van der Waals surface area contributed by atoms with Gasteiger partial charge >= 0.3 is 5.69 Å². The highest BCUT2D eigenvalue weighted by atomic mass is 16.6. The highest BCUT2D eigenvalue weighted by Gasteiger charge is 2.19. The summed E-state index contributed by atoms with van der Waals surface area (Å²) in [7, 11) is 0. The Labute approximate surface area is 120 Å². The molecule has 0 atom stereocenters. The molecule has 0 unspecified atom stereocenters. The van der Waals surface area contributed by atoms with E-state index in [-0.39, 0.29) is 17.1 Å². The summed E-state index contributed by atoms with van der Waals surface area (Å²) in [6.07, 6.45) is 7.93. The van der Waals surface area contributed by atoms with Crippen LogP contribution in [0.2, 0.25) is 0 Å². The van der Waals surface area contributed by atoms with E-state index in [1.165, 1.54) is 18.6 Å². The van der Waals surface area contributed by atoms with Crippen LogP contribution in [0.15, 0.2) is 34.9 Å². The standard InChI is InChI=1S/C13H14N4O4/c18-16(19)11-6-7-12(13(8-11)17(20)21)15-14-9-10-4-2-1-3-5-10/h4,6-9,15H,1-3,5H2. The molecule has 0 amide bonds. The summed E-state index contributed by atoms with van der Waals surface area (Å²) in [6.45, 7) is 0. The van der Waals surface area contributed by atoms with Gasteiger partial charge in [0.1, 0.15) is 5.69 Å². The maximum atomic E-state index is 10.9. The minimum absolute atomic E-state index is 0.123. The molecule has 1 aromatic carbocycles. The molecule has 0 radical (unpaired) electrons. The quantitative estimate of drug-likeness (QED) is 0.507. The smallest absolute Gasteiger partial charge is 0.272 e. The molecule has 0 saturated carbocycles. The Morgan fingerprint density at radius 1 is 1.19 bits per heavy atom. The predicted molar refractivity (Wildman–Crippen MR) is 78.4 cm³/mol. The van der Waals surface area contributed by atoms with Gasteiger partial charge in [0.25, 0.3) is 5.69 Å². The Morgan fingerprint density at radius 3 is 2.62 bits per heavy atom. The van der Waals surface area contributed by atoms with Crippen LogP contribution in [-0.4, -0.2) is 16.1 Å². The first-order valence-corrected chi connectivity index (χ1v) is 6.49. The fraction of sp³-hybridized carbons (Fsp3) is 0.308. The first kappa shape index (κ1) is 14.6. The molecule has 0 spiro atoms. The van der Waals surface area contributed by atoms with Gasteiger partial charge in [0.2, 0.25) is 0 Å². The van der Waals surface area contributed by atoms with Crippen molar-refractivity contribution in [2.45, 2.75) is 25.7 Å². The van der Waals surface area contributed by atoms with E-state index >= 15 is 0 Å². The van der Waals surface area contributed by atoms with Crippen LogP contribution >= 0.6 is 0 Å². The van der Waals surface area contributed by atoms with Crippen LogP contribution in [0.3, 0.4) is 0 Å². The lowest BCUT2D eigenvalue weighted by Crippen LogP contribution is -1.99. The van der Waals surface area contributed by atoms with Crippen molar-refractivity contribution in [3.63, 3.8) is 0 Å². The highest BCUT2D eigenvalue weighted by Crippen LogP contribution is 2.28. The summed E-state index contributed by atoms with van der Waals surface area (Å²) in [5, 5.41) is 25.5. The molecule has 1 aliphatic carbocycles. The summed E-state index contributed by atoms with van der Waals surface area (Å²) in [6, 6.07) is 3.39. The molecule has 8 nitrogen and oxygen atoms in total. The third kappa shape index (κ3) is 3.85. The van der Waals surface area contributed by atoms with Gasteiger partial charge < -0.3 is 0 Å². The Hall–Kier alpha value is -2.77. The predicted octanol–water partition coefficient (Wildman–Crippen LogP) is 3.40. The summed E-state index contributed by atoms with van der Waals surface area (Å²) in [4.78, 5) is 20.2. The normalized spacial score (nSPS) is 14.8. The minimum Gasteiger partial charge on any atom is -0.272 e. The molecular formula is C13H14N4O4. The van der Waals surface area contributed by atoms with Gasteiger partial charge in [-0.3, -0.25) is 25.7 Å². The van der Waals surface area contributed by atoms with Crippen molar-refractivity contribution in [1.82, 2.24) is 0 Å². The van der Waals surface area contributed by atoms with E-state index in [2.05, 4.69) is 16.6 Å². The number of non-ortho nitro benzene ring substituents is 1. The van der Waals surface area contributed by atoms with Crippen LogP contribution in [0.1, 0.15) is 25.7 Å². The van der Waals surface area contributed by atoms with Gasteiger partial charge in [0.05, 0.1) is 22.1 Å².